The second kappa shape index (κ2) is 12.7. The lowest BCUT2D eigenvalue weighted by Gasteiger charge is -2.19. The van der Waals surface area contributed by atoms with Crippen LogP contribution in [-0.4, -0.2) is 4.57 Å². The number of imidazole rings is 1. The summed E-state index contributed by atoms with van der Waals surface area (Å²) in [6.45, 7) is 1.50. The summed E-state index contributed by atoms with van der Waals surface area (Å²) in [7, 11) is 0. The van der Waals surface area contributed by atoms with Gasteiger partial charge in [-0.05, 0) is 53.6 Å². The molecule has 186 valence electrons. The number of aromatic nitrogens is 2. The minimum atomic E-state index is -0.342. The van der Waals surface area contributed by atoms with Crippen LogP contribution in [0, 0.1) is 0 Å². The highest BCUT2D eigenvalue weighted by atomic mass is 35.5. The third kappa shape index (κ3) is 7.43. The Balaban J connectivity index is 1.48. The van der Waals surface area contributed by atoms with Crippen LogP contribution in [0.25, 0.3) is 6.08 Å². The van der Waals surface area contributed by atoms with Crippen molar-refractivity contribution < 1.29 is 9.30 Å². The zero-order valence-electron chi connectivity index (χ0n) is 18.9. The van der Waals surface area contributed by atoms with Crippen LogP contribution in [0.4, 0.5) is 0 Å². The Labute approximate surface area is 240 Å². The Hall–Kier alpha value is -1.69. The highest BCUT2D eigenvalue weighted by Crippen LogP contribution is 2.31. The fourth-order valence-electron chi connectivity index (χ4n) is 3.62. The van der Waals surface area contributed by atoms with Crippen molar-refractivity contribution >= 4 is 75.7 Å². The van der Waals surface area contributed by atoms with Gasteiger partial charge in [-0.3, -0.25) is 0 Å². The summed E-state index contributed by atoms with van der Waals surface area (Å²) < 4.78 is 10.4. The molecule has 3 nitrogen and oxygen atoms in total. The van der Waals surface area contributed by atoms with Gasteiger partial charge in [-0.2, -0.15) is 0 Å². The molecular formula is C27H21Cl6N2O+. The van der Waals surface area contributed by atoms with Gasteiger partial charge in [0.2, 0.25) is 6.33 Å². The second-order valence-electron chi connectivity index (χ2n) is 8.08. The molecule has 1 heterocycles. The topological polar surface area (TPSA) is 18.0 Å². The Morgan fingerprint density at radius 1 is 0.806 bits per heavy atom. The first-order valence-corrected chi connectivity index (χ1v) is 13.2. The summed E-state index contributed by atoms with van der Waals surface area (Å²) in [6.07, 6.45) is 9.64. The molecule has 4 aromatic rings. The van der Waals surface area contributed by atoms with Crippen LogP contribution >= 0.6 is 69.6 Å². The first-order valence-electron chi connectivity index (χ1n) is 11.0. The molecule has 0 spiro atoms. The quantitative estimate of drug-likeness (QED) is 0.175. The van der Waals surface area contributed by atoms with E-state index in [0.717, 1.165) is 16.7 Å². The normalized spacial score (nSPS) is 12.4. The van der Waals surface area contributed by atoms with E-state index in [-0.39, 0.29) is 6.10 Å². The van der Waals surface area contributed by atoms with E-state index in [0.29, 0.717) is 49.8 Å². The summed E-state index contributed by atoms with van der Waals surface area (Å²) in [4.78, 5) is 0. The summed E-state index contributed by atoms with van der Waals surface area (Å²) >= 11 is 37.2. The third-order valence-electron chi connectivity index (χ3n) is 5.46. The molecule has 0 N–H and O–H groups in total. The van der Waals surface area contributed by atoms with Crippen LogP contribution in [0.2, 0.25) is 30.1 Å². The van der Waals surface area contributed by atoms with Gasteiger partial charge < -0.3 is 4.74 Å². The minimum Gasteiger partial charge on any atom is -0.365 e. The largest absolute Gasteiger partial charge is 0.365 e. The van der Waals surface area contributed by atoms with Crippen molar-refractivity contribution in [3.63, 3.8) is 0 Å². The van der Waals surface area contributed by atoms with E-state index in [1.54, 1.807) is 30.3 Å². The van der Waals surface area contributed by atoms with E-state index < -0.39 is 0 Å². The van der Waals surface area contributed by atoms with Gasteiger partial charge >= 0.3 is 0 Å². The Kier molecular flexibility index (Phi) is 9.65. The number of rotatable bonds is 9. The summed E-state index contributed by atoms with van der Waals surface area (Å²) in [6, 6.07) is 16.2. The van der Waals surface area contributed by atoms with Crippen LogP contribution in [-0.2, 0) is 24.4 Å². The fraction of sp³-hybridized carbons (Fsp3) is 0.148. The number of benzene rings is 3. The van der Waals surface area contributed by atoms with Crippen molar-refractivity contribution in [3.05, 3.63) is 126 Å². The van der Waals surface area contributed by atoms with Gasteiger partial charge in [0.25, 0.3) is 0 Å². The second-order valence-corrected chi connectivity index (χ2v) is 10.6. The van der Waals surface area contributed by atoms with Crippen LogP contribution < -0.4 is 4.57 Å². The van der Waals surface area contributed by atoms with Crippen molar-refractivity contribution in [2.24, 2.45) is 0 Å². The van der Waals surface area contributed by atoms with E-state index in [9.17, 15) is 0 Å². The molecule has 9 heteroatoms. The van der Waals surface area contributed by atoms with E-state index in [1.165, 1.54) is 0 Å². The van der Waals surface area contributed by atoms with E-state index >= 15 is 0 Å². The van der Waals surface area contributed by atoms with Crippen molar-refractivity contribution in [1.82, 2.24) is 4.57 Å². The number of ether oxygens (including phenoxy) is 1. The molecule has 1 aromatic heterocycles. The Morgan fingerprint density at radius 2 is 1.47 bits per heavy atom. The Morgan fingerprint density at radius 3 is 2.17 bits per heavy atom. The van der Waals surface area contributed by atoms with Crippen LogP contribution in [0.3, 0.4) is 0 Å². The van der Waals surface area contributed by atoms with Gasteiger partial charge in [-0.15, -0.1) is 0 Å². The summed E-state index contributed by atoms with van der Waals surface area (Å²) in [5, 5.41) is 3.45. The van der Waals surface area contributed by atoms with Gasteiger partial charge in [-0.1, -0.05) is 93.9 Å². The molecule has 0 fully saturated rings. The molecule has 0 bridgehead atoms. The summed E-state index contributed by atoms with van der Waals surface area (Å²) in [5.74, 6) is 0. The zero-order chi connectivity index (χ0) is 25.7. The van der Waals surface area contributed by atoms with Crippen molar-refractivity contribution in [3.8, 4) is 0 Å². The lowest BCUT2D eigenvalue weighted by Crippen LogP contribution is -2.30. The minimum absolute atomic E-state index is 0.297. The molecule has 0 aliphatic rings. The lowest BCUT2D eigenvalue weighted by molar-refractivity contribution is -0.686. The predicted octanol–water partition coefficient (Wildman–Crippen LogP) is 9.37. The van der Waals surface area contributed by atoms with Gasteiger partial charge in [0.15, 0.2) is 0 Å². The first-order chi connectivity index (χ1) is 17.3. The van der Waals surface area contributed by atoms with Gasteiger partial charge in [0, 0.05) is 35.7 Å². The maximum absolute atomic E-state index is 6.53. The average molecular weight is 602 g/mol. The molecule has 0 aliphatic heterocycles. The zero-order valence-corrected chi connectivity index (χ0v) is 23.4. The summed E-state index contributed by atoms with van der Waals surface area (Å²) in [5.41, 5.74) is 2.58. The number of nitrogens with zero attached hydrogens (tertiary/aromatic N) is 2. The van der Waals surface area contributed by atoms with E-state index in [1.807, 2.05) is 59.7 Å². The van der Waals surface area contributed by atoms with E-state index in [4.69, 9.17) is 74.3 Å². The molecule has 0 radical (unpaired) electrons. The number of allylic oxidation sites excluding steroid dienone is 1. The van der Waals surface area contributed by atoms with Crippen molar-refractivity contribution in [2.75, 3.05) is 0 Å². The highest BCUT2D eigenvalue weighted by molar-refractivity contribution is 6.36. The lowest BCUT2D eigenvalue weighted by atomic mass is 10.1. The third-order valence-corrected chi connectivity index (χ3v) is 7.18. The standard InChI is InChI=1S/C27H21Cl6N2O/c28-20-5-3-18(24(31)12-20)2-1-9-34-10-11-35(17-34)15-27(23-8-7-22(30)14-26(23)33)36-16-19-4-6-21(29)13-25(19)32/h1-8,10-14,17,27H,9,15-16H2/q+1/b2-1+. The average Bonchev–Trinajstić information content (AvgIpc) is 3.26. The monoisotopic (exact) mass is 599 g/mol. The number of halogens is 6. The molecule has 0 saturated carbocycles. The first kappa shape index (κ1) is 27.3. The van der Waals surface area contributed by atoms with Crippen molar-refractivity contribution in [1.29, 1.82) is 0 Å². The molecule has 3 aromatic carbocycles. The molecule has 0 aliphatic carbocycles. The van der Waals surface area contributed by atoms with Gasteiger partial charge in [0.05, 0.1) is 6.61 Å². The Bertz CT molecular complexity index is 1380. The molecular weight excluding hydrogens is 581 g/mol. The van der Waals surface area contributed by atoms with Crippen molar-refractivity contribution in [2.45, 2.75) is 25.8 Å². The number of hydrogen-bond donors (Lipinski definition) is 0. The molecule has 1 atom stereocenters. The predicted molar refractivity (Wildman–Crippen MR) is 151 cm³/mol. The molecule has 36 heavy (non-hydrogen) atoms. The highest BCUT2D eigenvalue weighted by Gasteiger charge is 2.20. The maximum Gasteiger partial charge on any atom is 0.244 e. The maximum atomic E-state index is 6.53. The smallest absolute Gasteiger partial charge is 0.244 e. The van der Waals surface area contributed by atoms with E-state index in [2.05, 4.69) is 4.57 Å². The molecule has 1 unspecified atom stereocenters. The molecule has 0 saturated heterocycles. The molecule has 0 amide bonds. The van der Waals surface area contributed by atoms with Crippen LogP contribution in [0.5, 0.6) is 0 Å². The molecule has 4 rings (SSSR count). The fourth-order valence-corrected chi connectivity index (χ4v) is 5.08. The number of hydrogen-bond acceptors (Lipinski definition) is 1. The van der Waals surface area contributed by atoms with Gasteiger partial charge in [-0.25, -0.2) is 9.13 Å². The SMILES string of the molecule is Clc1ccc(/C=C/C[n+]2ccn(CC(OCc3ccc(Cl)cc3Cl)c3ccc(Cl)cc3Cl)c2)c(Cl)c1. The van der Waals surface area contributed by atoms with Crippen LogP contribution in [0.1, 0.15) is 22.8 Å². The van der Waals surface area contributed by atoms with Gasteiger partial charge in [0.1, 0.15) is 31.6 Å². The van der Waals surface area contributed by atoms with Crippen LogP contribution in [0.15, 0.2) is 79.4 Å².